The summed E-state index contributed by atoms with van der Waals surface area (Å²) in [5.74, 6) is 5.95. The zero-order chi connectivity index (χ0) is 9.10. The Morgan fingerprint density at radius 3 is 3.08 bits per heavy atom. The Balaban J connectivity index is 2.01. The van der Waals surface area contributed by atoms with E-state index < -0.39 is 0 Å². The molecule has 5 heteroatoms. The quantitative estimate of drug-likeness (QED) is 0.556. The minimum atomic E-state index is 0.591. The molecule has 1 fully saturated rings. The monoisotopic (exact) mass is 197 g/mol. The second-order valence-electron chi connectivity index (χ2n) is 2.80. The molecule has 1 aromatic rings. The standard InChI is InChI=1S/C8H11N3OS/c9-11-8-3-6(1-2-10-8)13-7-4-12-5-7/h1-3,7H,4-5,9H2,(H,10,11). The molecular formula is C8H11N3OS. The van der Waals surface area contributed by atoms with Gasteiger partial charge in [-0.25, -0.2) is 10.8 Å². The number of nitrogens with one attached hydrogen (secondary N) is 1. The number of rotatable bonds is 3. The van der Waals surface area contributed by atoms with Gasteiger partial charge in [-0.1, -0.05) is 0 Å². The highest BCUT2D eigenvalue weighted by Gasteiger charge is 2.19. The zero-order valence-electron chi connectivity index (χ0n) is 7.06. The van der Waals surface area contributed by atoms with Gasteiger partial charge in [0.15, 0.2) is 0 Å². The van der Waals surface area contributed by atoms with E-state index in [0.717, 1.165) is 13.2 Å². The first-order valence-electron chi connectivity index (χ1n) is 4.05. The van der Waals surface area contributed by atoms with Crippen LogP contribution >= 0.6 is 11.8 Å². The van der Waals surface area contributed by atoms with E-state index >= 15 is 0 Å². The van der Waals surface area contributed by atoms with Crippen LogP contribution in [0, 0.1) is 0 Å². The number of nitrogen functional groups attached to an aromatic ring is 1. The lowest BCUT2D eigenvalue weighted by atomic mass is 10.4. The van der Waals surface area contributed by atoms with E-state index in [0.29, 0.717) is 11.1 Å². The number of hydrogen-bond acceptors (Lipinski definition) is 5. The summed E-state index contributed by atoms with van der Waals surface area (Å²) in [6.07, 6.45) is 1.75. The van der Waals surface area contributed by atoms with Crippen molar-refractivity contribution in [1.29, 1.82) is 0 Å². The van der Waals surface area contributed by atoms with Gasteiger partial charge in [-0.3, -0.25) is 0 Å². The fourth-order valence-corrected chi connectivity index (χ4v) is 2.07. The number of ether oxygens (including phenoxy) is 1. The molecule has 0 radical (unpaired) electrons. The van der Waals surface area contributed by atoms with Crippen molar-refractivity contribution in [3.63, 3.8) is 0 Å². The van der Waals surface area contributed by atoms with Crippen molar-refractivity contribution in [2.24, 2.45) is 5.84 Å². The normalized spacial score (nSPS) is 16.7. The van der Waals surface area contributed by atoms with Crippen molar-refractivity contribution < 1.29 is 4.74 Å². The van der Waals surface area contributed by atoms with E-state index in [1.807, 2.05) is 12.1 Å². The summed E-state index contributed by atoms with van der Waals surface area (Å²) in [7, 11) is 0. The minimum Gasteiger partial charge on any atom is -0.379 e. The van der Waals surface area contributed by atoms with Gasteiger partial charge in [-0.05, 0) is 12.1 Å². The van der Waals surface area contributed by atoms with Crippen molar-refractivity contribution in [2.75, 3.05) is 18.6 Å². The molecule has 0 amide bonds. The van der Waals surface area contributed by atoms with Gasteiger partial charge in [-0.2, -0.15) is 0 Å². The van der Waals surface area contributed by atoms with E-state index in [1.54, 1.807) is 18.0 Å². The lowest BCUT2D eigenvalue weighted by Crippen LogP contribution is -2.30. The second kappa shape index (κ2) is 3.95. The van der Waals surface area contributed by atoms with Crippen molar-refractivity contribution in [3.05, 3.63) is 18.3 Å². The molecule has 0 saturated carbocycles. The third-order valence-electron chi connectivity index (χ3n) is 1.79. The van der Waals surface area contributed by atoms with Crippen LogP contribution in [0.5, 0.6) is 0 Å². The van der Waals surface area contributed by atoms with Crippen LogP contribution in [0.2, 0.25) is 0 Å². The van der Waals surface area contributed by atoms with Crippen LogP contribution in [0.4, 0.5) is 5.82 Å². The summed E-state index contributed by atoms with van der Waals surface area (Å²) >= 11 is 1.80. The lowest BCUT2D eigenvalue weighted by molar-refractivity contribution is 0.0455. The van der Waals surface area contributed by atoms with Gasteiger partial charge in [0.1, 0.15) is 5.82 Å². The molecule has 1 aliphatic heterocycles. The van der Waals surface area contributed by atoms with Gasteiger partial charge in [0, 0.05) is 11.1 Å². The second-order valence-corrected chi connectivity index (χ2v) is 4.17. The Kier molecular flexibility index (Phi) is 2.68. The number of pyridine rings is 1. The van der Waals surface area contributed by atoms with Crippen LogP contribution in [0.15, 0.2) is 23.2 Å². The number of hydrazine groups is 1. The molecule has 2 rings (SSSR count). The molecule has 1 aromatic heterocycles. The highest BCUT2D eigenvalue weighted by atomic mass is 32.2. The maximum absolute atomic E-state index is 5.25. The number of nitrogens with two attached hydrogens (primary N) is 1. The highest BCUT2D eigenvalue weighted by Crippen LogP contribution is 2.28. The van der Waals surface area contributed by atoms with Crippen LogP contribution in [0.25, 0.3) is 0 Å². The van der Waals surface area contributed by atoms with Crippen molar-refractivity contribution in [3.8, 4) is 0 Å². The van der Waals surface area contributed by atoms with E-state index in [1.165, 1.54) is 4.90 Å². The van der Waals surface area contributed by atoms with Gasteiger partial charge >= 0.3 is 0 Å². The van der Waals surface area contributed by atoms with E-state index in [-0.39, 0.29) is 0 Å². The smallest absolute Gasteiger partial charge is 0.140 e. The fourth-order valence-electron chi connectivity index (χ4n) is 1.04. The van der Waals surface area contributed by atoms with Gasteiger partial charge in [0.05, 0.1) is 18.5 Å². The molecule has 70 valence electrons. The van der Waals surface area contributed by atoms with Gasteiger partial charge in [0.25, 0.3) is 0 Å². The molecule has 4 nitrogen and oxygen atoms in total. The van der Waals surface area contributed by atoms with Gasteiger partial charge in [0.2, 0.25) is 0 Å². The zero-order valence-corrected chi connectivity index (χ0v) is 7.88. The topological polar surface area (TPSA) is 60.2 Å². The van der Waals surface area contributed by atoms with Crippen molar-refractivity contribution >= 4 is 17.6 Å². The molecule has 0 unspecified atom stereocenters. The molecule has 3 N–H and O–H groups in total. The molecule has 0 spiro atoms. The summed E-state index contributed by atoms with van der Waals surface area (Å²) in [6.45, 7) is 1.69. The average molecular weight is 197 g/mol. The van der Waals surface area contributed by atoms with Gasteiger partial charge in [-0.15, -0.1) is 11.8 Å². The third kappa shape index (κ3) is 2.12. The van der Waals surface area contributed by atoms with Crippen molar-refractivity contribution in [1.82, 2.24) is 4.98 Å². The van der Waals surface area contributed by atoms with E-state index in [2.05, 4.69) is 10.4 Å². The Morgan fingerprint density at radius 2 is 2.46 bits per heavy atom. The Labute approximate surface area is 80.8 Å². The number of anilines is 1. The summed E-state index contributed by atoms with van der Waals surface area (Å²) < 4.78 is 5.09. The largest absolute Gasteiger partial charge is 0.379 e. The molecule has 1 saturated heterocycles. The molecule has 0 aliphatic carbocycles. The summed E-state index contributed by atoms with van der Waals surface area (Å²) in [5.41, 5.74) is 2.52. The molecule has 0 bridgehead atoms. The third-order valence-corrected chi connectivity index (χ3v) is 2.92. The maximum atomic E-state index is 5.25. The number of aromatic nitrogens is 1. The molecule has 1 aliphatic rings. The van der Waals surface area contributed by atoms with Crippen LogP contribution in [-0.2, 0) is 4.74 Å². The first kappa shape index (κ1) is 8.80. The first-order chi connectivity index (χ1) is 6.38. The molecular weight excluding hydrogens is 186 g/mol. The van der Waals surface area contributed by atoms with Crippen molar-refractivity contribution in [2.45, 2.75) is 10.1 Å². The predicted molar refractivity (Wildman–Crippen MR) is 52.5 cm³/mol. The summed E-state index contributed by atoms with van der Waals surface area (Å²) in [4.78, 5) is 5.21. The van der Waals surface area contributed by atoms with E-state index in [4.69, 9.17) is 10.6 Å². The highest BCUT2D eigenvalue weighted by molar-refractivity contribution is 8.00. The maximum Gasteiger partial charge on any atom is 0.140 e. The SMILES string of the molecule is NNc1cc(SC2COC2)ccn1. The Morgan fingerprint density at radius 1 is 1.62 bits per heavy atom. The summed E-state index contributed by atoms with van der Waals surface area (Å²) in [6, 6.07) is 3.91. The van der Waals surface area contributed by atoms with Crippen LogP contribution in [0.3, 0.4) is 0 Å². The van der Waals surface area contributed by atoms with Crippen LogP contribution in [-0.4, -0.2) is 23.4 Å². The van der Waals surface area contributed by atoms with Crippen LogP contribution in [0.1, 0.15) is 0 Å². The number of nitrogens with zero attached hydrogens (tertiary/aromatic N) is 1. The predicted octanol–water partition coefficient (Wildman–Crippen LogP) is 0.858. The molecule has 0 aromatic carbocycles. The van der Waals surface area contributed by atoms with E-state index in [9.17, 15) is 0 Å². The average Bonchev–Trinajstić information content (AvgIpc) is 2.12. The Bertz CT molecular complexity index is 290. The summed E-state index contributed by atoms with van der Waals surface area (Å²) in [5, 5.41) is 0.591. The molecule has 2 heterocycles. The molecule has 0 atom stereocenters. The van der Waals surface area contributed by atoms with Gasteiger partial charge < -0.3 is 10.2 Å². The fraction of sp³-hybridized carbons (Fsp3) is 0.375. The molecule has 13 heavy (non-hydrogen) atoms. The number of hydrogen-bond donors (Lipinski definition) is 2. The minimum absolute atomic E-state index is 0.591. The van der Waals surface area contributed by atoms with Crippen LogP contribution < -0.4 is 11.3 Å². The number of thioether (sulfide) groups is 1. The Hall–Kier alpha value is -0.780. The lowest BCUT2D eigenvalue weighted by Gasteiger charge is -2.25. The first-order valence-corrected chi connectivity index (χ1v) is 4.93.